The zero-order valence-electron chi connectivity index (χ0n) is 14.4. The minimum Gasteiger partial charge on any atom is -0.378 e. The van der Waals surface area contributed by atoms with Crippen LogP contribution in [0.1, 0.15) is 18.4 Å². The molecule has 0 unspecified atom stereocenters. The summed E-state index contributed by atoms with van der Waals surface area (Å²) in [6, 6.07) is 7.53. The van der Waals surface area contributed by atoms with Gasteiger partial charge in [-0.1, -0.05) is 12.1 Å². The predicted octanol–water partition coefficient (Wildman–Crippen LogP) is 0.976. The van der Waals surface area contributed by atoms with Crippen molar-refractivity contribution in [3.63, 3.8) is 0 Å². The van der Waals surface area contributed by atoms with Crippen molar-refractivity contribution in [1.82, 2.24) is 14.9 Å². The summed E-state index contributed by atoms with van der Waals surface area (Å²) < 4.78 is 24.6. The number of urea groups is 1. The lowest BCUT2D eigenvalue weighted by atomic mass is 10.1. The fourth-order valence-corrected chi connectivity index (χ4v) is 3.60. The zero-order valence-corrected chi connectivity index (χ0v) is 15.3. The topological polar surface area (TPSA) is 81.8 Å². The molecule has 8 heteroatoms. The number of hydrogen-bond donors (Lipinski definition) is 2. The Hall–Kier alpha value is -1.80. The highest BCUT2D eigenvalue weighted by Gasteiger charge is 2.26. The Morgan fingerprint density at radius 1 is 1.29 bits per heavy atom. The first-order valence-corrected chi connectivity index (χ1v) is 9.86. The second-order valence-corrected chi connectivity index (χ2v) is 8.33. The highest BCUT2D eigenvalue weighted by Crippen LogP contribution is 2.13. The maximum absolute atomic E-state index is 12.0. The normalized spacial score (nSPS) is 18.9. The molecule has 2 amide bonds. The van der Waals surface area contributed by atoms with Crippen molar-refractivity contribution in [1.29, 1.82) is 0 Å². The number of amides is 2. The third-order valence-corrected chi connectivity index (χ3v) is 5.36. The number of carbonyl (C=O) groups is 1. The molecule has 1 fully saturated rings. The van der Waals surface area contributed by atoms with Crippen LogP contribution >= 0.6 is 0 Å². The summed E-state index contributed by atoms with van der Waals surface area (Å²) in [4.78, 5) is 14.0. The van der Waals surface area contributed by atoms with Gasteiger partial charge in [0.05, 0.1) is 6.26 Å². The first-order chi connectivity index (χ1) is 11.3. The van der Waals surface area contributed by atoms with Crippen molar-refractivity contribution in [3.8, 4) is 0 Å². The van der Waals surface area contributed by atoms with E-state index >= 15 is 0 Å². The van der Waals surface area contributed by atoms with Crippen LogP contribution in [-0.4, -0.2) is 58.2 Å². The fraction of sp³-hybridized carbons (Fsp3) is 0.562. The van der Waals surface area contributed by atoms with Crippen molar-refractivity contribution < 1.29 is 13.2 Å². The third kappa shape index (κ3) is 5.38. The minimum absolute atomic E-state index is 0.149. The summed E-state index contributed by atoms with van der Waals surface area (Å²) in [5.74, 6) is 0. The molecule has 0 spiro atoms. The van der Waals surface area contributed by atoms with Gasteiger partial charge in [-0.2, -0.15) is 0 Å². The van der Waals surface area contributed by atoms with Crippen LogP contribution in [-0.2, 0) is 16.6 Å². The number of carbonyl (C=O) groups excluding carboxylic acids is 1. The van der Waals surface area contributed by atoms with Gasteiger partial charge in [0.25, 0.3) is 0 Å². The summed E-state index contributed by atoms with van der Waals surface area (Å²) in [5.41, 5.74) is 2.11. The summed E-state index contributed by atoms with van der Waals surface area (Å²) >= 11 is 0. The van der Waals surface area contributed by atoms with Crippen molar-refractivity contribution in [2.75, 3.05) is 38.3 Å². The Labute approximate surface area is 144 Å². The minimum atomic E-state index is -3.20. The van der Waals surface area contributed by atoms with E-state index in [9.17, 15) is 13.2 Å². The molecule has 1 aliphatic heterocycles. The summed E-state index contributed by atoms with van der Waals surface area (Å²) in [5, 5.41) is 5.67. The highest BCUT2D eigenvalue weighted by atomic mass is 32.2. The van der Waals surface area contributed by atoms with Crippen LogP contribution < -0.4 is 15.5 Å². The zero-order chi connectivity index (χ0) is 17.7. The molecule has 1 aromatic carbocycles. The molecule has 2 rings (SSSR count). The van der Waals surface area contributed by atoms with Crippen molar-refractivity contribution in [2.45, 2.75) is 25.4 Å². The van der Waals surface area contributed by atoms with Crippen LogP contribution in [0.2, 0.25) is 0 Å². The maximum Gasteiger partial charge on any atom is 0.315 e. The van der Waals surface area contributed by atoms with E-state index in [-0.39, 0.29) is 12.1 Å². The van der Waals surface area contributed by atoms with Crippen molar-refractivity contribution in [3.05, 3.63) is 29.8 Å². The van der Waals surface area contributed by atoms with Gasteiger partial charge in [0.1, 0.15) is 0 Å². The van der Waals surface area contributed by atoms with Gasteiger partial charge in [0, 0.05) is 45.5 Å². The summed E-state index contributed by atoms with van der Waals surface area (Å²) in [7, 11) is 0.750. The number of benzene rings is 1. The van der Waals surface area contributed by atoms with Gasteiger partial charge in [-0.15, -0.1) is 0 Å². The molecule has 0 saturated carbocycles. The molecule has 0 aromatic heterocycles. The molecule has 1 saturated heterocycles. The number of nitrogens with one attached hydrogen (secondary N) is 2. The molecule has 1 heterocycles. The fourth-order valence-electron chi connectivity index (χ4n) is 2.69. The number of rotatable bonds is 5. The van der Waals surface area contributed by atoms with E-state index in [1.807, 2.05) is 43.3 Å². The van der Waals surface area contributed by atoms with E-state index in [0.717, 1.165) is 24.1 Å². The Morgan fingerprint density at radius 2 is 1.96 bits per heavy atom. The molecule has 0 bridgehead atoms. The molecule has 0 aliphatic carbocycles. The van der Waals surface area contributed by atoms with E-state index in [1.165, 1.54) is 10.6 Å². The maximum atomic E-state index is 12.0. The monoisotopic (exact) mass is 354 g/mol. The van der Waals surface area contributed by atoms with Gasteiger partial charge < -0.3 is 15.5 Å². The van der Waals surface area contributed by atoms with Crippen LogP contribution in [0.4, 0.5) is 10.5 Å². The van der Waals surface area contributed by atoms with Gasteiger partial charge in [0.15, 0.2) is 0 Å². The van der Waals surface area contributed by atoms with E-state index in [2.05, 4.69) is 10.6 Å². The van der Waals surface area contributed by atoms with Crippen molar-refractivity contribution in [2.24, 2.45) is 0 Å². The molecule has 2 N–H and O–H groups in total. The van der Waals surface area contributed by atoms with E-state index in [1.54, 1.807) is 0 Å². The summed E-state index contributed by atoms with van der Waals surface area (Å²) in [6.07, 6.45) is 2.74. The second-order valence-electron chi connectivity index (χ2n) is 6.35. The van der Waals surface area contributed by atoms with E-state index in [4.69, 9.17) is 0 Å². The predicted molar refractivity (Wildman–Crippen MR) is 95.6 cm³/mol. The highest BCUT2D eigenvalue weighted by molar-refractivity contribution is 7.88. The lowest BCUT2D eigenvalue weighted by Crippen LogP contribution is -2.51. The Kier molecular flexibility index (Phi) is 6.06. The number of hydrogen-bond acceptors (Lipinski definition) is 4. The van der Waals surface area contributed by atoms with Gasteiger partial charge in [-0.25, -0.2) is 17.5 Å². The Morgan fingerprint density at radius 3 is 2.54 bits per heavy atom. The van der Waals surface area contributed by atoms with Gasteiger partial charge in [-0.05, 0) is 30.5 Å². The molecular weight excluding hydrogens is 328 g/mol. The van der Waals surface area contributed by atoms with Crippen LogP contribution in [0.25, 0.3) is 0 Å². The SMILES string of the molecule is CN(C)c1ccc(CNC(=O)N[C@H]2CCCN(S(C)(=O)=O)C2)cc1. The molecular formula is C16H26N4O3S. The molecule has 1 atom stereocenters. The lowest BCUT2D eigenvalue weighted by Gasteiger charge is -2.31. The van der Waals surface area contributed by atoms with Gasteiger partial charge in [0.2, 0.25) is 10.0 Å². The number of sulfonamides is 1. The van der Waals surface area contributed by atoms with Crippen LogP contribution in [0.15, 0.2) is 24.3 Å². The van der Waals surface area contributed by atoms with Crippen LogP contribution in [0, 0.1) is 0 Å². The van der Waals surface area contributed by atoms with Crippen LogP contribution in [0.5, 0.6) is 0 Å². The lowest BCUT2D eigenvalue weighted by molar-refractivity contribution is 0.225. The Bertz CT molecular complexity index is 658. The molecule has 134 valence electrons. The number of anilines is 1. The standard InChI is InChI=1S/C16H26N4O3S/c1-19(2)15-8-6-13(7-9-15)11-17-16(21)18-14-5-4-10-20(12-14)24(3,22)23/h6-9,14H,4-5,10-12H2,1-3H3,(H2,17,18,21)/t14-/m0/s1. The van der Waals surface area contributed by atoms with Gasteiger partial charge in [-0.3, -0.25) is 0 Å². The average molecular weight is 354 g/mol. The van der Waals surface area contributed by atoms with Crippen LogP contribution in [0.3, 0.4) is 0 Å². The quantitative estimate of drug-likeness (QED) is 0.826. The van der Waals surface area contributed by atoms with Gasteiger partial charge >= 0.3 is 6.03 Å². The largest absolute Gasteiger partial charge is 0.378 e. The number of piperidine rings is 1. The summed E-state index contributed by atoms with van der Waals surface area (Å²) in [6.45, 7) is 1.29. The first kappa shape index (κ1) is 18.5. The van der Waals surface area contributed by atoms with E-state index in [0.29, 0.717) is 19.6 Å². The smallest absolute Gasteiger partial charge is 0.315 e. The molecule has 0 radical (unpaired) electrons. The second kappa shape index (κ2) is 7.85. The molecule has 1 aliphatic rings. The van der Waals surface area contributed by atoms with E-state index < -0.39 is 10.0 Å². The number of nitrogens with zero attached hydrogens (tertiary/aromatic N) is 2. The third-order valence-electron chi connectivity index (χ3n) is 4.09. The average Bonchev–Trinajstić information content (AvgIpc) is 2.53. The molecule has 1 aromatic rings. The first-order valence-electron chi connectivity index (χ1n) is 8.01. The molecule has 7 nitrogen and oxygen atoms in total. The Balaban J connectivity index is 1.80. The van der Waals surface area contributed by atoms with Crippen molar-refractivity contribution >= 4 is 21.7 Å². The molecule has 24 heavy (non-hydrogen) atoms.